The predicted molar refractivity (Wildman–Crippen MR) is 135 cm³/mol. The minimum atomic E-state index is -3.96. The molecule has 1 N–H and O–H groups in total. The molecule has 3 aromatic rings. The van der Waals surface area contributed by atoms with Gasteiger partial charge in [0.2, 0.25) is 15.9 Å². The molecule has 0 spiro atoms. The van der Waals surface area contributed by atoms with E-state index in [1.54, 1.807) is 42.5 Å². The summed E-state index contributed by atoms with van der Waals surface area (Å²) in [7, 11) is -3.96. The van der Waals surface area contributed by atoms with Crippen LogP contribution < -0.4 is 5.32 Å². The molecule has 5 nitrogen and oxygen atoms in total. The number of amides is 1. The molecule has 3 rings (SSSR count). The number of halogens is 2. The van der Waals surface area contributed by atoms with Crippen molar-refractivity contribution in [1.82, 2.24) is 4.31 Å². The molecule has 0 heterocycles. The van der Waals surface area contributed by atoms with Crippen molar-refractivity contribution in [1.29, 1.82) is 0 Å². The van der Waals surface area contributed by atoms with Gasteiger partial charge in [-0.05, 0) is 68.7 Å². The highest BCUT2D eigenvalue weighted by Gasteiger charge is 2.27. The fraction of sp³-hybridized carbons (Fsp3) is 0.240. The summed E-state index contributed by atoms with van der Waals surface area (Å²) in [5, 5.41) is 3.57. The van der Waals surface area contributed by atoms with Gasteiger partial charge in [-0.1, -0.05) is 64.7 Å². The van der Waals surface area contributed by atoms with Crippen LogP contribution in [0.3, 0.4) is 0 Å². The second-order valence-corrected chi connectivity index (χ2v) is 10.9. The van der Waals surface area contributed by atoms with Crippen LogP contribution in [0, 0.1) is 27.7 Å². The molecule has 0 unspecified atom stereocenters. The summed E-state index contributed by atoms with van der Waals surface area (Å²) in [6.07, 6.45) is 0. The van der Waals surface area contributed by atoms with Crippen molar-refractivity contribution in [3.05, 3.63) is 92.5 Å². The molecule has 0 saturated heterocycles. The van der Waals surface area contributed by atoms with Crippen LogP contribution >= 0.6 is 23.2 Å². The van der Waals surface area contributed by atoms with Crippen molar-refractivity contribution in [2.24, 2.45) is 0 Å². The predicted octanol–water partition coefficient (Wildman–Crippen LogP) is 6.06. The van der Waals surface area contributed by atoms with E-state index in [4.69, 9.17) is 23.2 Å². The van der Waals surface area contributed by atoms with E-state index in [2.05, 4.69) is 5.32 Å². The molecule has 0 bridgehead atoms. The van der Waals surface area contributed by atoms with Gasteiger partial charge in [0.15, 0.2) is 0 Å². The highest BCUT2D eigenvalue weighted by Crippen LogP contribution is 2.26. The lowest BCUT2D eigenvalue weighted by Crippen LogP contribution is -2.37. The zero-order chi connectivity index (χ0) is 24.3. The molecule has 0 aliphatic heterocycles. The molecule has 33 heavy (non-hydrogen) atoms. The number of anilines is 1. The summed E-state index contributed by atoms with van der Waals surface area (Å²) in [6.45, 7) is 7.29. The lowest BCUT2D eigenvalue weighted by Gasteiger charge is -2.23. The zero-order valence-corrected chi connectivity index (χ0v) is 21.3. The second kappa shape index (κ2) is 10.3. The Kier molecular flexibility index (Phi) is 7.85. The molecule has 174 valence electrons. The summed E-state index contributed by atoms with van der Waals surface area (Å²) in [4.78, 5) is 13.1. The molecule has 0 aliphatic rings. The van der Waals surface area contributed by atoms with Crippen LogP contribution in [0.15, 0.2) is 59.5 Å². The van der Waals surface area contributed by atoms with Gasteiger partial charge in [0, 0.05) is 12.2 Å². The number of carbonyl (C=O) groups excluding carboxylic acids is 1. The standard InChI is InChI=1S/C25H26Cl2N2O3S/c1-16-5-8-21(9-6-16)33(31,32)29(14-20-7-10-22(26)23(27)13-20)15-24(30)28-25-18(3)11-17(2)12-19(25)4/h5-13H,14-15H2,1-4H3,(H,28,30). The Labute approximate surface area is 205 Å². The van der Waals surface area contributed by atoms with Crippen LogP contribution in [0.5, 0.6) is 0 Å². The SMILES string of the molecule is Cc1ccc(S(=O)(=O)N(CC(=O)Nc2c(C)cc(C)cc2C)Cc2ccc(Cl)c(Cl)c2)cc1. The van der Waals surface area contributed by atoms with E-state index in [1.807, 2.05) is 39.8 Å². The maximum Gasteiger partial charge on any atom is 0.243 e. The van der Waals surface area contributed by atoms with E-state index in [-0.39, 0.29) is 18.0 Å². The highest BCUT2D eigenvalue weighted by atomic mass is 35.5. The maximum absolute atomic E-state index is 13.5. The Morgan fingerprint density at radius 3 is 2.03 bits per heavy atom. The van der Waals surface area contributed by atoms with Gasteiger partial charge >= 0.3 is 0 Å². The molecule has 3 aromatic carbocycles. The van der Waals surface area contributed by atoms with E-state index in [0.29, 0.717) is 21.3 Å². The Bertz CT molecular complexity index is 1270. The third-order valence-corrected chi connectivity index (χ3v) is 7.81. The molecule has 0 radical (unpaired) electrons. The van der Waals surface area contributed by atoms with E-state index in [0.717, 1.165) is 26.6 Å². The van der Waals surface area contributed by atoms with Crippen LogP contribution in [-0.4, -0.2) is 25.2 Å². The minimum absolute atomic E-state index is 0.0353. The van der Waals surface area contributed by atoms with E-state index in [9.17, 15) is 13.2 Å². The first kappa shape index (κ1) is 25.2. The van der Waals surface area contributed by atoms with Crippen molar-refractivity contribution in [2.45, 2.75) is 39.1 Å². The molecule has 0 aromatic heterocycles. The monoisotopic (exact) mass is 504 g/mol. The first-order chi connectivity index (χ1) is 15.5. The van der Waals surface area contributed by atoms with Crippen LogP contribution in [0.2, 0.25) is 10.0 Å². The number of aryl methyl sites for hydroxylation is 4. The molecule has 0 aliphatic carbocycles. The topological polar surface area (TPSA) is 66.5 Å². The molecular weight excluding hydrogens is 479 g/mol. The van der Waals surface area contributed by atoms with E-state index in [1.165, 1.54) is 0 Å². The minimum Gasteiger partial charge on any atom is -0.324 e. The third kappa shape index (κ3) is 6.15. The van der Waals surface area contributed by atoms with Gasteiger partial charge < -0.3 is 5.32 Å². The Morgan fingerprint density at radius 2 is 1.45 bits per heavy atom. The molecule has 0 atom stereocenters. The fourth-order valence-electron chi connectivity index (χ4n) is 3.64. The van der Waals surface area contributed by atoms with Crippen molar-refractivity contribution < 1.29 is 13.2 Å². The number of nitrogens with zero attached hydrogens (tertiary/aromatic N) is 1. The number of carbonyl (C=O) groups is 1. The molecule has 1 amide bonds. The normalized spacial score (nSPS) is 11.6. The van der Waals surface area contributed by atoms with Crippen LogP contribution in [0.25, 0.3) is 0 Å². The number of sulfonamides is 1. The first-order valence-electron chi connectivity index (χ1n) is 10.4. The van der Waals surface area contributed by atoms with Crippen LogP contribution in [0.1, 0.15) is 27.8 Å². The van der Waals surface area contributed by atoms with Gasteiger partial charge in [-0.25, -0.2) is 8.42 Å². The summed E-state index contributed by atoms with van der Waals surface area (Å²) in [5.74, 6) is -0.430. The van der Waals surface area contributed by atoms with Crippen LogP contribution in [0.4, 0.5) is 5.69 Å². The largest absolute Gasteiger partial charge is 0.324 e. The van der Waals surface area contributed by atoms with Gasteiger partial charge in [0.05, 0.1) is 21.5 Å². The molecular formula is C25H26Cl2N2O3S. The summed E-state index contributed by atoms with van der Waals surface area (Å²) < 4.78 is 28.1. The van der Waals surface area contributed by atoms with Crippen LogP contribution in [-0.2, 0) is 21.4 Å². The quantitative estimate of drug-likeness (QED) is 0.425. The van der Waals surface area contributed by atoms with Gasteiger partial charge in [0.1, 0.15) is 0 Å². The summed E-state index contributed by atoms with van der Waals surface area (Å²) in [6, 6.07) is 15.4. The van der Waals surface area contributed by atoms with Gasteiger partial charge in [0.25, 0.3) is 0 Å². The van der Waals surface area contributed by atoms with E-state index >= 15 is 0 Å². The number of nitrogens with one attached hydrogen (secondary N) is 1. The smallest absolute Gasteiger partial charge is 0.243 e. The van der Waals surface area contributed by atoms with E-state index < -0.39 is 15.9 Å². The average Bonchev–Trinajstić information content (AvgIpc) is 2.73. The van der Waals surface area contributed by atoms with Crippen molar-refractivity contribution >= 4 is 44.8 Å². The lowest BCUT2D eigenvalue weighted by molar-refractivity contribution is -0.116. The Balaban J connectivity index is 1.93. The molecule has 0 saturated carbocycles. The molecule has 8 heteroatoms. The second-order valence-electron chi connectivity index (χ2n) is 8.16. The number of hydrogen-bond acceptors (Lipinski definition) is 3. The number of rotatable bonds is 7. The maximum atomic E-state index is 13.5. The molecule has 0 fully saturated rings. The Morgan fingerprint density at radius 1 is 0.848 bits per heavy atom. The first-order valence-corrected chi connectivity index (χ1v) is 12.6. The van der Waals surface area contributed by atoms with Gasteiger partial charge in [-0.3, -0.25) is 4.79 Å². The van der Waals surface area contributed by atoms with Gasteiger partial charge in [-0.2, -0.15) is 4.31 Å². The van der Waals surface area contributed by atoms with Gasteiger partial charge in [-0.15, -0.1) is 0 Å². The lowest BCUT2D eigenvalue weighted by atomic mass is 10.1. The van der Waals surface area contributed by atoms with Crippen molar-refractivity contribution in [3.63, 3.8) is 0 Å². The van der Waals surface area contributed by atoms with Crippen molar-refractivity contribution in [3.8, 4) is 0 Å². The fourth-order valence-corrected chi connectivity index (χ4v) is 5.35. The highest BCUT2D eigenvalue weighted by molar-refractivity contribution is 7.89. The summed E-state index contributed by atoms with van der Waals surface area (Å²) in [5.41, 5.74) is 5.17. The third-order valence-electron chi connectivity index (χ3n) is 5.26. The Hall–Kier alpha value is -2.38. The van der Waals surface area contributed by atoms with Crippen molar-refractivity contribution in [2.75, 3.05) is 11.9 Å². The average molecular weight is 505 g/mol. The zero-order valence-electron chi connectivity index (χ0n) is 18.9. The summed E-state index contributed by atoms with van der Waals surface area (Å²) >= 11 is 12.1. The number of hydrogen-bond donors (Lipinski definition) is 1. The number of benzene rings is 3.